The number of rotatable bonds is 17. The highest BCUT2D eigenvalue weighted by molar-refractivity contribution is 7.80. The number of nitrogens with two attached hydrogens (primary N) is 2. The molecule has 2 atom stereocenters. The van der Waals surface area contributed by atoms with E-state index in [0.717, 1.165) is 47.9 Å². The Labute approximate surface area is 296 Å². The van der Waals surface area contributed by atoms with E-state index in [2.05, 4.69) is 41.1 Å². The summed E-state index contributed by atoms with van der Waals surface area (Å²) < 4.78 is 45.1. The number of carbonyl (C=O) groups excluding carboxylic acids is 2. The van der Waals surface area contributed by atoms with Crippen LogP contribution in [0.2, 0.25) is 0 Å². The van der Waals surface area contributed by atoms with E-state index in [1.807, 2.05) is 24.3 Å². The zero-order valence-electron chi connectivity index (χ0n) is 27.5. The quantitative estimate of drug-likeness (QED) is 0.0242. The fraction of sp³-hybridized carbons (Fsp3) is 0.400. The van der Waals surface area contributed by atoms with Crippen molar-refractivity contribution in [2.24, 2.45) is 16.8 Å². The van der Waals surface area contributed by atoms with Crippen molar-refractivity contribution in [3.8, 4) is 16.9 Å². The molecule has 1 unspecified atom stereocenters. The molecule has 2 amide bonds. The second kappa shape index (κ2) is 15.5. The maximum absolute atomic E-state index is 13.3. The van der Waals surface area contributed by atoms with Gasteiger partial charge in [0.25, 0.3) is 23.7 Å². The van der Waals surface area contributed by atoms with Gasteiger partial charge in [0, 0.05) is 42.6 Å². The molecule has 1 aromatic carbocycles. The van der Waals surface area contributed by atoms with Gasteiger partial charge in [-0.1, -0.05) is 17.3 Å². The molecule has 2 fully saturated rings. The second-order valence-corrected chi connectivity index (χ2v) is 14.0. The Kier molecular flexibility index (Phi) is 11.4. The van der Waals surface area contributed by atoms with E-state index in [4.69, 9.17) is 21.0 Å². The van der Waals surface area contributed by atoms with Crippen LogP contribution in [0.1, 0.15) is 19.5 Å². The summed E-state index contributed by atoms with van der Waals surface area (Å²) in [5, 5.41) is 24.3. The lowest BCUT2D eigenvalue weighted by atomic mass is 9.84. The van der Waals surface area contributed by atoms with Crippen LogP contribution in [0.3, 0.4) is 0 Å². The molecule has 0 saturated carbocycles. The summed E-state index contributed by atoms with van der Waals surface area (Å²) in [5.74, 6) is -1.69. The number of hydroxylamine groups is 2. The fourth-order valence-electron chi connectivity index (χ4n) is 5.18. The van der Waals surface area contributed by atoms with E-state index < -0.39 is 58.2 Å². The lowest BCUT2D eigenvalue weighted by Gasteiger charge is -2.51. The number of carbonyl (C=O) groups is 3. The standard InChI is InChI=1S/C30H37N9O10S2/c1-30(2)25(27(41)39(30)49-51(44,45)46)36-26(40)24(21-16-50-29(32)35-21)37-48-22(28(42)43)15-47-20-6-3-18(4-7-20)19-5-8-23(34-10-9-31)38(14-19)13-17-11-33-12-17/h3-8,14,16-17,22,25,33H,9-13,15,31H2,1-2H3,(H5,32,35,36,40,42,43,44,45,46)/b37-24-/t22-,25?/m0/s1. The molecular weight excluding hydrogens is 711 g/mol. The lowest BCUT2D eigenvalue weighted by Crippen LogP contribution is -2.76. The van der Waals surface area contributed by atoms with E-state index in [1.54, 1.807) is 12.1 Å². The number of thiazole rings is 1. The topological polar surface area (TPSA) is 277 Å². The number of aromatic nitrogens is 2. The number of carboxylic acid groups (broad SMARTS) is 1. The van der Waals surface area contributed by atoms with Crippen molar-refractivity contribution in [3.05, 3.63) is 53.7 Å². The second-order valence-electron chi connectivity index (χ2n) is 12.1. The van der Waals surface area contributed by atoms with Crippen LogP contribution in [0.4, 0.5) is 10.9 Å². The van der Waals surface area contributed by atoms with E-state index in [1.165, 1.54) is 19.2 Å². The van der Waals surface area contributed by atoms with Crippen LogP contribution in [0.5, 0.6) is 5.75 Å². The van der Waals surface area contributed by atoms with Crippen molar-refractivity contribution >= 4 is 56.2 Å². The number of benzene rings is 1. The van der Waals surface area contributed by atoms with Crippen LogP contribution in [0, 0.1) is 5.92 Å². The number of hydrogen-bond donors (Lipinski definition) is 6. The molecule has 8 N–H and O–H groups in total. The van der Waals surface area contributed by atoms with Crippen molar-refractivity contribution < 1.29 is 50.9 Å². The molecule has 2 aromatic heterocycles. The number of pyridine rings is 1. The van der Waals surface area contributed by atoms with Gasteiger partial charge in [0.05, 0.1) is 24.8 Å². The van der Waals surface area contributed by atoms with Crippen LogP contribution in [0.15, 0.2) is 53.1 Å². The maximum atomic E-state index is 13.3. The predicted octanol–water partition coefficient (Wildman–Crippen LogP) is -0.980. The number of ether oxygens (including phenoxy) is 1. The van der Waals surface area contributed by atoms with Gasteiger partial charge in [0.1, 0.15) is 24.1 Å². The normalized spacial score (nSPS) is 18.0. The molecule has 5 rings (SSSR count). The molecule has 19 nitrogen and oxygen atoms in total. The molecule has 0 radical (unpaired) electrons. The number of aliphatic carboxylic acids is 1. The first-order chi connectivity index (χ1) is 24.2. The number of nitrogens with zero attached hydrogens (tertiary/aromatic N) is 4. The van der Waals surface area contributed by atoms with Crippen molar-refractivity contribution in [2.75, 3.05) is 43.8 Å². The molecule has 21 heteroatoms. The molecule has 2 aliphatic heterocycles. The Hall–Kier alpha value is -4.93. The van der Waals surface area contributed by atoms with Gasteiger partial charge in [0.2, 0.25) is 10.4 Å². The third kappa shape index (κ3) is 9.06. The summed E-state index contributed by atoms with van der Waals surface area (Å²) >= 11 is 0.955. The number of β-lactam (4-membered cyclic amide) rings is 1. The van der Waals surface area contributed by atoms with Crippen molar-refractivity contribution in [2.45, 2.75) is 38.1 Å². The van der Waals surface area contributed by atoms with Crippen LogP contribution in [0.25, 0.3) is 11.1 Å². The van der Waals surface area contributed by atoms with Crippen molar-refractivity contribution in [3.63, 3.8) is 0 Å². The SMILES string of the molecule is CC1(C)C(NC(=O)/C(=N\O[C@@H](COc2ccc(-c3ccc(NCCN)[n+](CC4CNC4)c3)cc2)C(=O)O)c2csc(N)n2)C(=O)N1OS(=O)(=O)[O-]. The van der Waals surface area contributed by atoms with Crippen molar-refractivity contribution in [1.82, 2.24) is 20.7 Å². The zero-order chi connectivity index (χ0) is 36.9. The number of carboxylic acids is 1. The molecule has 2 aliphatic rings. The molecule has 274 valence electrons. The van der Waals surface area contributed by atoms with E-state index in [0.29, 0.717) is 29.8 Å². The number of hydrogen-bond acceptors (Lipinski definition) is 16. The summed E-state index contributed by atoms with van der Waals surface area (Å²) in [5.41, 5.74) is 11.2. The molecular formula is C30H37N9O10S2. The largest absolute Gasteiger partial charge is 0.724 e. The van der Waals surface area contributed by atoms with Gasteiger partial charge in [-0.2, -0.15) is 9.35 Å². The monoisotopic (exact) mass is 747 g/mol. The summed E-state index contributed by atoms with van der Waals surface area (Å²) in [4.78, 5) is 47.1. The Balaban J connectivity index is 1.25. The van der Waals surface area contributed by atoms with Crippen LogP contribution in [-0.2, 0) is 40.4 Å². The minimum atomic E-state index is -5.27. The fourth-order valence-corrected chi connectivity index (χ4v) is 6.18. The molecule has 4 heterocycles. The summed E-state index contributed by atoms with van der Waals surface area (Å²) in [6.45, 7) is 6.06. The predicted molar refractivity (Wildman–Crippen MR) is 181 cm³/mol. The Morgan fingerprint density at radius 2 is 1.94 bits per heavy atom. The highest BCUT2D eigenvalue weighted by Crippen LogP contribution is 2.33. The molecule has 0 spiro atoms. The van der Waals surface area contributed by atoms with Gasteiger partial charge in [-0.05, 0) is 37.6 Å². The number of anilines is 2. The number of nitrogen functional groups attached to an aromatic ring is 1. The third-order valence-electron chi connectivity index (χ3n) is 8.03. The number of nitrogens with one attached hydrogen (secondary N) is 3. The molecule has 0 bridgehead atoms. The van der Waals surface area contributed by atoms with Gasteiger partial charge in [-0.3, -0.25) is 14.9 Å². The minimum Gasteiger partial charge on any atom is -0.724 e. The first kappa shape index (κ1) is 37.3. The molecule has 51 heavy (non-hydrogen) atoms. The van der Waals surface area contributed by atoms with Crippen LogP contribution < -0.4 is 36.7 Å². The van der Waals surface area contributed by atoms with Gasteiger partial charge >= 0.3 is 5.97 Å². The zero-order valence-corrected chi connectivity index (χ0v) is 29.1. The van der Waals surface area contributed by atoms with Gasteiger partial charge in [-0.15, -0.1) is 11.3 Å². The summed E-state index contributed by atoms with van der Waals surface area (Å²) in [6.07, 6.45) is 0.371. The number of amides is 2. The average molecular weight is 748 g/mol. The first-order valence-corrected chi connectivity index (χ1v) is 17.8. The first-order valence-electron chi connectivity index (χ1n) is 15.6. The highest BCUT2D eigenvalue weighted by Gasteiger charge is 2.57. The number of oxime groups is 1. The van der Waals surface area contributed by atoms with E-state index in [9.17, 15) is 32.5 Å². The summed E-state index contributed by atoms with van der Waals surface area (Å²) in [6, 6.07) is 9.65. The van der Waals surface area contributed by atoms with Crippen molar-refractivity contribution in [1.29, 1.82) is 0 Å². The Morgan fingerprint density at radius 3 is 2.51 bits per heavy atom. The lowest BCUT2D eigenvalue weighted by molar-refractivity contribution is -0.690. The molecule has 3 aromatic rings. The Morgan fingerprint density at radius 1 is 1.24 bits per heavy atom. The van der Waals surface area contributed by atoms with E-state index >= 15 is 0 Å². The highest BCUT2D eigenvalue weighted by atomic mass is 32.3. The van der Waals surface area contributed by atoms with Crippen LogP contribution >= 0.6 is 11.3 Å². The van der Waals surface area contributed by atoms with Crippen LogP contribution in [-0.4, -0.2) is 102 Å². The minimum absolute atomic E-state index is 0.0528. The smallest absolute Gasteiger partial charge is 0.351 e. The van der Waals surface area contributed by atoms with E-state index in [-0.39, 0.29) is 10.8 Å². The molecule has 0 aliphatic carbocycles. The third-order valence-corrected chi connectivity index (χ3v) is 9.04. The summed E-state index contributed by atoms with van der Waals surface area (Å²) in [7, 11) is -5.27. The van der Waals surface area contributed by atoms with Gasteiger partial charge < -0.3 is 41.3 Å². The van der Waals surface area contributed by atoms with Gasteiger partial charge in [0.15, 0.2) is 10.8 Å². The molecule has 2 saturated heterocycles. The Bertz CT molecular complexity index is 1900. The average Bonchev–Trinajstić information content (AvgIpc) is 3.49. The maximum Gasteiger partial charge on any atom is 0.351 e. The van der Waals surface area contributed by atoms with Gasteiger partial charge in [-0.25, -0.2) is 22.8 Å².